The number of rotatable bonds is 3. The summed E-state index contributed by atoms with van der Waals surface area (Å²) in [5.74, 6) is 0.351. The fourth-order valence-corrected chi connectivity index (χ4v) is 1.92. The Morgan fingerprint density at radius 3 is 2.62 bits per heavy atom. The Balaban J connectivity index is 2.44. The zero-order chi connectivity index (χ0) is 12.3. The van der Waals surface area contributed by atoms with Crippen molar-refractivity contribution in [2.45, 2.75) is 31.7 Å². The molecule has 0 spiro atoms. The molecule has 0 aliphatic carbocycles. The molecule has 0 radical (unpaired) electrons. The normalized spacial score (nSPS) is 30.4. The van der Waals surface area contributed by atoms with Crippen LogP contribution in [0.2, 0.25) is 0 Å². The lowest BCUT2D eigenvalue weighted by Crippen LogP contribution is -2.49. The number of halogens is 3. The van der Waals surface area contributed by atoms with Crippen molar-refractivity contribution in [3.63, 3.8) is 0 Å². The highest BCUT2D eigenvalue weighted by atomic mass is 19.4. The van der Waals surface area contributed by atoms with Crippen molar-refractivity contribution in [3.05, 3.63) is 0 Å². The summed E-state index contributed by atoms with van der Waals surface area (Å²) in [4.78, 5) is 1.60. The number of piperidine rings is 1. The molecular weight excluding hydrogens is 223 g/mol. The summed E-state index contributed by atoms with van der Waals surface area (Å²) in [6.07, 6.45) is -6.05. The van der Waals surface area contributed by atoms with E-state index in [9.17, 15) is 13.2 Å². The Hall–Kier alpha value is -0.330. The first-order valence-corrected chi connectivity index (χ1v) is 5.34. The van der Waals surface area contributed by atoms with E-state index in [1.54, 1.807) is 12.0 Å². The van der Waals surface area contributed by atoms with Gasteiger partial charge in [0.2, 0.25) is 0 Å². The van der Waals surface area contributed by atoms with Crippen LogP contribution in [0.3, 0.4) is 0 Å². The maximum Gasteiger partial charge on any atom is 0.415 e. The number of alkyl halides is 3. The lowest BCUT2D eigenvalue weighted by atomic mass is 9.95. The zero-order valence-electron chi connectivity index (χ0n) is 9.50. The van der Waals surface area contributed by atoms with Crippen molar-refractivity contribution in [2.24, 2.45) is 5.92 Å². The van der Waals surface area contributed by atoms with Crippen molar-refractivity contribution in [3.8, 4) is 0 Å². The van der Waals surface area contributed by atoms with Gasteiger partial charge in [0.25, 0.3) is 0 Å². The SMILES string of the molecule is COC1CN(CC(O)C(F)(F)F)CCC1C. The van der Waals surface area contributed by atoms with Gasteiger partial charge in [-0.3, -0.25) is 4.90 Å². The molecule has 0 aromatic carbocycles. The van der Waals surface area contributed by atoms with E-state index < -0.39 is 12.3 Å². The van der Waals surface area contributed by atoms with E-state index in [-0.39, 0.29) is 12.6 Å². The third kappa shape index (κ3) is 3.61. The van der Waals surface area contributed by atoms with Gasteiger partial charge in [0, 0.05) is 20.2 Å². The van der Waals surface area contributed by atoms with Gasteiger partial charge in [0.15, 0.2) is 6.10 Å². The Labute approximate surface area is 93.2 Å². The molecule has 0 aromatic rings. The number of aliphatic hydroxyl groups excluding tert-OH is 1. The first kappa shape index (κ1) is 13.7. The second-order valence-electron chi connectivity index (χ2n) is 4.36. The van der Waals surface area contributed by atoms with Crippen LogP contribution < -0.4 is 0 Å². The number of β-amino-alcohol motifs (C(OH)–C–C–N with tert-alkyl or cyclic N) is 1. The van der Waals surface area contributed by atoms with E-state index in [0.717, 1.165) is 6.42 Å². The molecule has 0 bridgehead atoms. The summed E-state index contributed by atoms with van der Waals surface area (Å²) in [6.45, 7) is 2.68. The molecule has 0 amide bonds. The Kier molecular flexibility index (Phi) is 4.58. The largest absolute Gasteiger partial charge is 0.415 e. The standard InChI is InChI=1S/C10H18F3NO2/c1-7-3-4-14(5-8(7)16-2)6-9(15)10(11,12)13/h7-9,15H,3-6H2,1-2H3. The van der Waals surface area contributed by atoms with E-state index in [4.69, 9.17) is 9.84 Å². The summed E-state index contributed by atoms with van der Waals surface area (Å²) in [5, 5.41) is 8.96. The van der Waals surface area contributed by atoms with E-state index in [0.29, 0.717) is 19.0 Å². The minimum atomic E-state index is -4.54. The lowest BCUT2D eigenvalue weighted by Gasteiger charge is -2.37. The molecule has 1 fully saturated rings. The van der Waals surface area contributed by atoms with Crippen molar-refractivity contribution in [1.82, 2.24) is 4.90 Å². The summed E-state index contributed by atoms with van der Waals surface area (Å²) in [5.41, 5.74) is 0. The van der Waals surface area contributed by atoms with Crippen LogP contribution >= 0.6 is 0 Å². The van der Waals surface area contributed by atoms with Gasteiger partial charge >= 0.3 is 6.18 Å². The molecule has 3 nitrogen and oxygen atoms in total. The van der Waals surface area contributed by atoms with Crippen LogP contribution in [0.1, 0.15) is 13.3 Å². The minimum Gasteiger partial charge on any atom is -0.382 e. The predicted octanol–water partition coefficient (Wildman–Crippen LogP) is 1.27. The fourth-order valence-electron chi connectivity index (χ4n) is 1.92. The van der Waals surface area contributed by atoms with Gasteiger partial charge in [-0.25, -0.2) is 0 Å². The molecular formula is C10H18F3NO2. The molecule has 3 atom stereocenters. The Morgan fingerprint density at radius 1 is 1.50 bits per heavy atom. The summed E-state index contributed by atoms with van der Waals surface area (Å²) in [6, 6.07) is 0. The van der Waals surface area contributed by atoms with Crippen LogP contribution in [0.25, 0.3) is 0 Å². The average molecular weight is 241 g/mol. The average Bonchev–Trinajstić information content (AvgIpc) is 2.19. The lowest BCUT2D eigenvalue weighted by molar-refractivity contribution is -0.210. The van der Waals surface area contributed by atoms with Crippen LogP contribution in [0.4, 0.5) is 13.2 Å². The van der Waals surface area contributed by atoms with E-state index >= 15 is 0 Å². The Bertz CT molecular complexity index is 223. The highest BCUT2D eigenvalue weighted by Crippen LogP contribution is 2.24. The van der Waals surface area contributed by atoms with Gasteiger partial charge in [-0.2, -0.15) is 13.2 Å². The minimum absolute atomic E-state index is 0.0471. The fraction of sp³-hybridized carbons (Fsp3) is 1.00. The van der Waals surface area contributed by atoms with Crippen LogP contribution in [0.15, 0.2) is 0 Å². The van der Waals surface area contributed by atoms with Crippen molar-refractivity contribution in [1.29, 1.82) is 0 Å². The second-order valence-corrected chi connectivity index (χ2v) is 4.36. The summed E-state index contributed by atoms with van der Waals surface area (Å²) < 4.78 is 41.7. The van der Waals surface area contributed by atoms with Gasteiger partial charge in [-0.15, -0.1) is 0 Å². The predicted molar refractivity (Wildman–Crippen MR) is 53.1 cm³/mol. The molecule has 0 aromatic heterocycles. The molecule has 1 aliphatic rings. The second kappa shape index (κ2) is 5.33. The topological polar surface area (TPSA) is 32.7 Å². The highest BCUT2D eigenvalue weighted by Gasteiger charge is 2.40. The quantitative estimate of drug-likeness (QED) is 0.807. The highest BCUT2D eigenvalue weighted by molar-refractivity contribution is 4.81. The molecule has 1 heterocycles. The van der Waals surface area contributed by atoms with E-state index in [1.807, 2.05) is 6.92 Å². The Morgan fingerprint density at radius 2 is 2.12 bits per heavy atom. The molecule has 3 unspecified atom stereocenters. The number of hydrogen-bond acceptors (Lipinski definition) is 3. The van der Waals surface area contributed by atoms with Gasteiger partial charge in [-0.05, 0) is 18.9 Å². The molecule has 1 rings (SSSR count). The molecule has 16 heavy (non-hydrogen) atoms. The summed E-state index contributed by atoms with van der Waals surface area (Å²) >= 11 is 0. The van der Waals surface area contributed by atoms with Crippen molar-refractivity contribution >= 4 is 0 Å². The van der Waals surface area contributed by atoms with Gasteiger partial charge < -0.3 is 9.84 Å². The first-order chi connectivity index (χ1) is 7.34. The first-order valence-electron chi connectivity index (χ1n) is 5.34. The smallest absolute Gasteiger partial charge is 0.382 e. The molecule has 6 heteroatoms. The van der Waals surface area contributed by atoms with Gasteiger partial charge in [-0.1, -0.05) is 6.92 Å². The molecule has 1 N–H and O–H groups in total. The van der Waals surface area contributed by atoms with Crippen LogP contribution in [-0.2, 0) is 4.74 Å². The third-order valence-corrected chi connectivity index (χ3v) is 3.09. The summed E-state index contributed by atoms with van der Waals surface area (Å²) in [7, 11) is 1.56. The molecule has 0 saturated carbocycles. The number of methoxy groups -OCH3 is 1. The van der Waals surface area contributed by atoms with E-state index in [2.05, 4.69) is 0 Å². The maximum atomic E-state index is 12.2. The van der Waals surface area contributed by atoms with Crippen LogP contribution in [-0.4, -0.2) is 55.1 Å². The van der Waals surface area contributed by atoms with Crippen LogP contribution in [0.5, 0.6) is 0 Å². The number of ether oxygens (including phenoxy) is 1. The number of nitrogens with zero attached hydrogens (tertiary/aromatic N) is 1. The van der Waals surface area contributed by atoms with Gasteiger partial charge in [0.05, 0.1) is 6.10 Å². The monoisotopic (exact) mass is 241 g/mol. The van der Waals surface area contributed by atoms with Gasteiger partial charge in [0.1, 0.15) is 0 Å². The number of likely N-dealkylation sites (tertiary alicyclic amines) is 1. The van der Waals surface area contributed by atoms with E-state index in [1.165, 1.54) is 0 Å². The van der Waals surface area contributed by atoms with Crippen molar-refractivity contribution in [2.75, 3.05) is 26.7 Å². The molecule has 1 aliphatic heterocycles. The zero-order valence-corrected chi connectivity index (χ0v) is 9.50. The molecule has 96 valence electrons. The van der Waals surface area contributed by atoms with Crippen molar-refractivity contribution < 1.29 is 23.0 Å². The maximum absolute atomic E-state index is 12.2. The van der Waals surface area contributed by atoms with Crippen LogP contribution in [0, 0.1) is 5.92 Å². The number of hydrogen-bond donors (Lipinski definition) is 1. The number of aliphatic hydroxyl groups is 1. The third-order valence-electron chi connectivity index (χ3n) is 3.09. The molecule has 1 saturated heterocycles.